The number of likely N-dealkylation sites (tertiary alicyclic amines) is 2. The predicted octanol–water partition coefficient (Wildman–Crippen LogP) is 1.39. The minimum atomic E-state index is -0.794. The Balaban J connectivity index is 1.58. The molecule has 2 amide bonds. The Kier molecular flexibility index (Phi) is 4.36. The number of carbonyl (C=O) groups excluding carboxylic acids is 2. The largest absolute Gasteiger partial charge is 0.342 e. The number of hydrogen-bond donors (Lipinski definition) is 0. The number of aromatic nitrogens is 1. The number of alkyl halides is 1. The van der Waals surface area contributed by atoms with Crippen LogP contribution in [0.4, 0.5) is 4.39 Å². The summed E-state index contributed by atoms with van der Waals surface area (Å²) >= 11 is 0. The van der Waals surface area contributed by atoms with Crippen LogP contribution in [0.5, 0.6) is 0 Å². The summed E-state index contributed by atoms with van der Waals surface area (Å²) in [6.07, 6.45) is 3.68. The highest BCUT2D eigenvalue weighted by Crippen LogP contribution is 2.24. The molecule has 5 nitrogen and oxygen atoms in total. The fourth-order valence-electron chi connectivity index (χ4n) is 3.13. The van der Waals surface area contributed by atoms with Crippen molar-refractivity contribution in [3.05, 3.63) is 30.1 Å². The van der Waals surface area contributed by atoms with Crippen LogP contribution in [0.3, 0.4) is 0 Å². The molecule has 0 bridgehead atoms. The number of pyridine rings is 1. The fourth-order valence-corrected chi connectivity index (χ4v) is 3.13. The molecule has 0 N–H and O–H groups in total. The van der Waals surface area contributed by atoms with Crippen LogP contribution in [0, 0.1) is 5.92 Å². The molecule has 1 aromatic rings. The molecular formula is C16H20FN3O2. The van der Waals surface area contributed by atoms with Crippen molar-refractivity contribution >= 4 is 11.8 Å². The van der Waals surface area contributed by atoms with Gasteiger partial charge in [0.05, 0.1) is 5.92 Å². The summed E-state index contributed by atoms with van der Waals surface area (Å²) in [5.74, 6) is -0.279. The van der Waals surface area contributed by atoms with Gasteiger partial charge in [-0.15, -0.1) is 0 Å². The molecule has 0 aromatic carbocycles. The SMILES string of the molecule is O=C1C[C@@H](C(=O)N2CCC(F)CC2)CN1Cc1ccncc1. The summed E-state index contributed by atoms with van der Waals surface area (Å²) in [6.45, 7) is 1.90. The first-order chi connectivity index (χ1) is 10.6. The monoisotopic (exact) mass is 305 g/mol. The lowest BCUT2D eigenvalue weighted by Crippen LogP contribution is -2.42. The Morgan fingerprint density at radius 1 is 1.27 bits per heavy atom. The minimum absolute atomic E-state index is 0.00233. The van der Waals surface area contributed by atoms with Crippen molar-refractivity contribution < 1.29 is 14.0 Å². The molecule has 3 heterocycles. The quantitative estimate of drug-likeness (QED) is 0.848. The normalized spacial score (nSPS) is 23.1. The lowest BCUT2D eigenvalue weighted by Gasteiger charge is -2.30. The zero-order valence-electron chi connectivity index (χ0n) is 12.4. The number of rotatable bonds is 3. The van der Waals surface area contributed by atoms with Crippen LogP contribution in [0.2, 0.25) is 0 Å². The van der Waals surface area contributed by atoms with Crippen LogP contribution < -0.4 is 0 Å². The summed E-state index contributed by atoms with van der Waals surface area (Å²) < 4.78 is 13.2. The Labute approximate surface area is 129 Å². The molecule has 6 heteroatoms. The second-order valence-electron chi connectivity index (χ2n) is 6.03. The molecule has 2 fully saturated rings. The Hall–Kier alpha value is -1.98. The lowest BCUT2D eigenvalue weighted by molar-refractivity contribution is -0.137. The molecule has 0 unspecified atom stereocenters. The highest BCUT2D eigenvalue weighted by atomic mass is 19.1. The van der Waals surface area contributed by atoms with E-state index >= 15 is 0 Å². The smallest absolute Gasteiger partial charge is 0.227 e. The van der Waals surface area contributed by atoms with E-state index in [1.807, 2.05) is 12.1 Å². The maximum absolute atomic E-state index is 13.2. The third-order valence-corrected chi connectivity index (χ3v) is 4.42. The van der Waals surface area contributed by atoms with E-state index in [0.717, 1.165) is 5.56 Å². The first-order valence-corrected chi connectivity index (χ1v) is 7.73. The standard InChI is InChI=1S/C16H20FN3O2/c17-14-3-7-19(8-4-14)16(22)13-9-15(21)20(11-13)10-12-1-5-18-6-2-12/h1-2,5-6,13-14H,3-4,7-11H2/t13-/m1/s1. The third-order valence-electron chi connectivity index (χ3n) is 4.42. The maximum Gasteiger partial charge on any atom is 0.227 e. The van der Waals surface area contributed by atoms with Gasteiger partial charge in [0, 0.05) is 45.0 Å². The van der Waals surface area contributed by atoms with Gasteiger partial charge in [0.15, 0.2) is 0 Å². The average molecular weight is 305 g/mol. The molecule has 1 aromatic heterocycles. The third kappa shape index (κ3) is 3.26. The number of amides is 2. The highest BCUT2D eigenvalue weighted by Gasteiger charge is 2.37. The first kappa shape index (κ1) is 14.9. The number of carbonyl (C=O) groups is 2. The van der Waals surface area contributed by atoms with E-state index in [0.29, 0.717) is 39.0 Å². The molecule has 22 heavy (non-hydrogen) atoms. The molecule has 0 spiro atoms. The Bertz CT molecular complexity index is 544. The van der Waals surface area contributed by atoms with Crippen LogP contribution in [-0.2, 0) is 16.1 Å². The molecule has 2 aliphatic rings. The van der Waals surface area contributed by atoms with Crippen molar-refractivity contribution in [3.8, 4) is 0 Å². The summed E-state index contributed by atoms with van der Waals surface area (Å²) in [6, 6.07) is 3.74. The molecule has 0 saturated carbocycles. The molecular weight excluding hydrogens is 285 g/mol. The summed E-state index contributed by atoms with van der Waals surface area (Å²) in [5.41, 5.74) is 1.01. The predicted molar refractivity (Wildman–Crippen MR) is 78.5 cm³/mol. The highest BCUT2D eigenvalue weighted by molar-refractivity contribution is 5.89. The zero-order valence-corrected chi connectivity index (χ0v) is 12.4. The average Bonchev–Trinajstić information content (AvgIpc) is 2.89. The van der Waals surface area contributed by atoms with Gasteiger partial charge in [-0.3, -0.25) is 14.6 Å². The van der Waals surface area contributed by atoms with Crippen LogP contribution in [0.15, 0.2) is 24.5 Å². The Morgan fingerprint density at radius 3 is 2.64 bits per heavy atom. The van der Waals surface area contributed by atoms with Gasteiger partial charge in [0.1, 0.15) is 6.17 Å². The van der Waals surface area contributed by atoms with E-state index in [-0.39, 0.29) is 24.2 Å². The number of halogens is 1. The van der Waals surface area contributed by atoms with Gasteiger partial charge >= 0.3 is 0 Å². The number of hydrogen-bond acceptors (Lipinski definition) is 3. The van der Waals surface area contributed by atoms with E-state index in [1.165, 1.54) is 0 Å². The maximum atomic E-state index is 13.2. The Morgan fingerprint density at radius 2 is 1.95 bits per heavy atom. The van der Waals surface area contributed by atoms with Crippen molar-refractivity contribution in [1.82, 2.24) is 14.8 Å². The van der Waals surface area contributed by atoms with Crippen LogP contribution in [0.1, 0.15) is 24.8 Å². The van der Waals surface area contributed by atoms with Crippen molar-refractivity contribution in [2.75, 3.05) is 19.6 Å². The fraction of sp³-hybridized carbons (Fsp3) is 0.562. The number of piperidine rings is 1. The van der Waals surface area contributed by atoms with Gasteiger partial charge in [-0.25, -0.2) is 4.39 Å². The number of nitrogens with zero attached hydrogens (tertiary/aromatic N) is 3. The van der Waals surface area contributed by atoms with E-state index < -0.39 is 6.17 Å². The summed E-state index contributed by atoms with van der Waals surface area (Å²) in [4.78, 5) is 32.0. The van der Waals surface area contributed by atoms with Crippen molar-refractivity contribution in [1.29, 1.82) is 0 Å². The van der Waals surface area contributed by atoms with Crippen LogP contribution >= 0.6 is 0 Å². The van der Waals surface area contributed by atoms with Crippen molar-refractivity contribution in [2.45, 2.75) is 32.0 Å². The van der Waals surface area contributed by atoms with Gasteiger partial charge < -0.3 is 9.80 Å². The zero-order chi connectivity index (χ0) is 15.5. The molecule has 118 valence electrons. The molecule has 2 aliphatic heterocycles. The van der Waals surface area contributed by atoms with Crippen LogP contribution in [0.25, 0.3) is 0 Å². The van der Waals surface area contributed by atoms with E-state index in [1.54, 1.807) is 22.2 Å². The van der Waals surface area contributed by atoms with Crippen molar-refractivity contribution in [2.24, 2.45) is 5.92 Å². The van der Waals surface area contributed by atoms with E-state index in [9.17, 15) is 14.0 Å². The van der Waals surface area contributed by atoms with Gasteiger partial charge in [-0.05, 0) is 30.5 Å². The molecule has 0 aliphatic carbocycles. The van der Waals surface area contributed by atoms with Gasteiger partial charge in [0.2, 0.25) is 11.8 Å². The van der Waals surface area contributed by atoms with Gasteiger partial charge in [-0.2, -0.15) is 0 Å². The molecule has 0 radical (unpaired) electrons. The topological polar surface area (TPSA) is 53.5 Å². The summed E-state index contributed by atoms with van der Waals surface area (Å²) in [5, 5.41) is 0. The van der Waals surface area contributed by atoms with E-state index in [2.05, 4.69) is 4.98 Å². The second-order valence-corrected chi connectivity index (χ2v) is 6.03. The molecule has 2 saturated heterocycles. The minimum Gasteiger partial charge on any atom is -0.342 e. The van der Waals surface area contributed by atoms with Gasteiger partial charge in [0.25, 0.3) is 0 Å². The lowest BCUT2D eigenvalue weighted by atomic mass is 10.0. The van der Waals surface area contributed by atoms with Crippen LogP contribution in [-0.4, -0.2) is 52.4 Å². The first-order valence-electron chi connectivity index (χ1n) is 7.73. The second kappa shape index (κ2) is 6.42. The molecule has 1 atom stereocenters. The summed E-state index contributed by atoms with van der Waals surface area (Å²) in [7, 11) is 0. The van der Waals surface area contributed by atoms with E-state index in [4.69, 9.17) is 0 Å². The molecule has 3 rings (SSSR count). The van der Waals surface area contributed by atoms with Gasteiger partial charge in [-0.1, -0.05) is 0 Å². The van der Waals surface area contributed by atoms with Crippen molar-refractivity contribution in [3.63, 3.8) is 0 Å².